The van der Waals surface area contributed by atoms with Crippen LogP contribution < -0.4 is 0 Å². The van der Waals surface area contributed by atoms with E-state index in [1.165, 1.54) is 0 Å². The summed E-state index contributed by atoms with van der Waals surface area (Å²) in [7, 11) is 1.62. The number of hydrogen-bond acceptors (Lipinski definition) is 3. The van der Waals surface area contributed by atoms with Crippen molar-refractivity contribution < 1.29 is 14.6 Å². The number of methoxy groups -OCH3 is 1. The maximum Gasteiger partial charge on any atom is 0.165 e. The van der Waals surface area contributed by atoms with Crippen LogP contribution in [-0.2, 0) is 9.47 Å². The SMILES string of the molecule is C=C(C)C1CC(C)(OC)OCC1O. The molecule has 3 atom stereocenters. The number of aliphatic hydroxyl groups excluding tert-OH is 1. The van der Waals surface area contributed by atoms with Crippen LogP contribution in [0.4, 0.5) is 0 Å². The first-order valence-electron chi connectivity index (χ1n) is 4.51. The van der Waals surface area contributed by atoms with Crippen LogP contribution in [0.1, 0.15) is 20.3 Å². The van der Waals surface area contributed by atoms with Gasteiger partial charge in [-0.1, -0.05) is 12.2 Å². The average Bonchev–Trinajstić information content (AvgIpc) is 2.09. The summed E-state index contributed by atoms with van der Waals surface area (Å²) in [5, 5.41) is 9.63. The molecule has 1 N–H and O–H groups in total. The third kappa shape index (κ3) is 2.30. The highest BCUT2D eigenvalue weighted by molar-refractivity contribution is 5.02. The van der Waals surface area contributed by atoms with Gasteiger partial charge in [-0.2, -0.15) is 0 Å². The topological polar surface area (TPSA) is 38.7 Å². The Morgan fingerprint density at radius 1 is 1.69 bits per heavy atom. The van der Waals surface area contributed by atoms with Gasteiger partial charge in [-0.25, -0.2) is 0 Å². The van der Waals surface area contributed by atoms with Crippen LogP contribution in [0.5, 0.6) is 0 Å². The lowest BCUT2D eigenvalue weighted by atomic mass is 9.86. The van der Waals surface area contributed by atoms with Crippen molar-refractivity contribution in [3.63, 3.8) is 0 Å². The first kappa shape index (κ1) is 10.7. The van der Waals surface area contributed by atoms with Gasteiger partial charge in [0.15, 0.2) is 5.79 Å². The number of hydrogen-bond donors (Lipinski definition) is 1. The lowest BCUT2D eigenvalue weighted by molar-refractivity contribution is -0.258. The molecule has 3 heteroatoms. The van der Waals surface area contributed by atoms with Crippen molar-refractivity contribution in [2.24, 2.45) is 5.92 Å². The van der Waals surface area contributed by atoms with Crippen molar-refractivity contribution in [1.29, 1.82) is 0 Å². The maximum atomic E-state index is 9.63. The van der Waals surface area contributed by atoms with Gasteiger partial charge >= 0.3 is 0 Å². The van der Waals surface area contributed by atoms with Crippen LogP contribution in [0.15, 0.2) is 12.2 Å². The standard InChI is InChI=1S/C10H18O3/c1-7(2)8-5-10(3,12-4)13-6-9(8)11/h8-9,11H,1,5-6H2,2-4H3. The smallest absolute Gasteiger partial charge is 0.165 e. The fourth-order valence-corrected chi connectivity index (χ4v) is 1.62. The van der Waals surface area contributed by atoms with Gasteiger partial charge < -0.3 is 14.6 Å². The van der Waals surface area contributed by atoms with Crippen LogP contribution in [0.2, 0.25) is 0 Å². The zero-order chi connectivity index (χ0) is 10.1. The van der Waals surface area contributed by atoms with Crippen molar-refractivity contribution in [3.05, 3.63) is 12.2 Å². The summed E-state index contributed by atoms with van der Waals surface area (Å²) in [6.07, 6.45) is 0.223. The monoisotopic (exact) mass is 186 g/mol. The lowest BCUT2D eigenvalue weighted by Crippen LogP contribution is -2.46. The molecule has 1 rings (SSSR count). The molecule has 3 unspecified atom stereocenters. The Morgan fingerprint density at radius 2 is 2.31 bits per heavy atom. The van der Waals surface area contributed by atoms with Crippen LogP contribution in [-0.4, -0.2) is 30.7 Å². The summed E-state index contributed by atoms with van der Waals surface area (Å²) >= 11 is 0. The molecule has 0 spiro atoms. The fraction of sp³-hybridized carbons (Fsp3) is 0.800. The largest absolute Gasteiger partial charge is 0.390 e. The predicted octanol–water partition coefficient (Wildman–Crippen LogP) is 1.32. The Bertz CT molecular complexity index is 202. The van der Waals surface area contributed by atoms with E-state index >= 15 is 0 Å². The Balaban J connectivity index is 2.68. The highest BCUT2D eigenvalue weighted by atomic mass is 16.7. The number of rotatable bonds is 2. The minimum Gasteiger partial charge on any atom is -0.390 e. The molecule has 1 aliphatic rings. The van der Waals surface area contributed by atoms with Gasteiger partial charge in [0.2, 0.25) is 0 Å². The fourth-order valence-electron chi connectivity index (χ4n) is 1.62. The van der Waals surface area contributed by atoms with E-state index in [9.17, 15) is 5.11 Å². The summed E-state index contributed by atoms with van der Waals surface area (Å²) in [5.74, 6) is -0.484. The van der Waals surface area contributed by atoms with Gasteiger partial charge in [0.05, 0.1) is 12.7 Å². The Hall–Kier alpha value is -0.380. The van der Waals surface area contributed by atoms with Crippen LogP contribution in [0.25, 0.3) is 0 Å². The van der Waals surface area contributed by atoms with Crippen LogP contribution in [0, 0.1) is 5.92 Å². The molecule has 0 aromatic heterocycles. The summed E-state index contributed by atoms with van der Waals surface area (Å²) in [6.45, 7) is 7.99. The molecule has 0 radical (unpaired) electrons. The van der Waals surface area contributed by atoms with E-state index in [1.54, 1.807) is 7.11 Å². The quantitative estimate of drug-likeness (QED) is 0.661. The lowest BCUT2D eigenvalue weighted by Gasteiger charge is -2.40. The predicted molar refractivity (Wildman–Crippen MR) is 50.3 cm³/mol. The Kier molecular flexibility index (Phi) is 3.11. The van der Waals surface area contributed by atoms with Gasteiger partial charge in [0.1, 0.15) is 0 Å². The van der Waals surface area contributed by atoms with Gasteiger partial charge in [0, 0.05) is 19.4 Å². The molecule has 0 aromatic carbocycles. The average molecular weight is 186 g/mol. The first-order chi connectivity index (χ1) is 5.98. The summed E-state index contributed by atoms with van der Waals surface area (Å²) in [4.78, 5) is 0. The zero-order valence-corrected chi connectivity index (χ0v) is 8.54. The number of aliphatic hydroxyl groups is 1. The maximum absolute atomic E-state index is 9.63. The van der Waals surface area contributed by atoms with Crippen molar-refractivity contribution in [2.45, 2.75) is 32.2 Å². The molecule has 1 aliphatic heterocycles. The highest BCUT2D eigenvalue weighted by Crippen LogP contribution is 2.33. The molecule has 1 fully saturated rings. The Morgan fingerprint density at radius 3 is 2.77 bits per heavy atom. The second kappa shape index (κ2) is 3.78. The molecule has 0 amide bonds. The van der Waals surface area contributed by atoms with Crippen molar-refractivity contribution >= 4 is 0 Å². The van der Waals surface area contributed by atoms with Crippen molar-refractivity contribution in [2.75, 3.05) is 13.7 Å². The second-order valence-corrected chi connectivity index (χ2v) is 3.87. The third-order valence-corrected chi connectivity index (χ3v) is 2.68. The minimum atomic E-state index is -0.567. The molecule has 0 aliphatic carbocycles. The van der Waals surface area contributed by atoms with E-state index in [4.69, 9.17) is 9.47 Å². The van der Waals surface area contributed by atoms with E-state index in [-0.39, 0.29) is 5.92 Å². The summed E-state index contributed by atoms with van der Waals surface area (Å²) in [5.41, 5.74) is 0.985. The molecule has 13 heavy (non-hydrogen) atoms. The third-order valence-electron chi connectivity index (χ3n) is 2.68. The van der Waals surface area contributed by atoms with E-state index in [1.807, 2.05) is 13.8 Å². The molecule has 0 saturated carbocycles. The van der Waals surface area contributed by atoms with E-state index in [0.29, 0.717) is 13.0 Å². The molecule has 3 nitrogen and oxygen atoms in total. The van der Waals surface area contributed by atoms with E-state index in [2.05, 4.69) is 6.58 Å². The van der Waals surface area contributed by atoms with Crippen LogP contribution in [0.3, 0.4) is 0 Å². The normalized spacial score (nSPS) is 40.3. The molecule has 0 bridgehead atoms. The molecule has 76 valence electrons. The first-order valence-corrected chi connectivity index (χ1v) is 4.51. The number of ether oxygens (including phenoxy) is 2. The molecule has 1 saturated heterocycles. The summed E-state index contributed by atoms with van der Waals surface area (Å²) in [6, 6.07) is 0. The van der Waals surface area contributed by atoms with E-state index < -0.39 is 11.9 Å². The zero-order valence-electron chi connectivity index (χ0n) is 8.54. The molecule has 1 heterocycles. The van der Waals surface area contributed by atoms with Gasteiger partial charge in [-0.15, -0.1) is 0 Å². The molecular weight excluding hydrogens is 168 g/mol. The van der Waals surface area contributed by atoms with Crippen molar-refractivity contribution in [3.8, 4) is 0 Å². The Labute approximate surface area is 79.3 Å². The van der Waals surface area contributed by atoms with E-state index in [0.717, 1.165) is 5.57 Å². The highest BCUT2D eigenvalue weighted by Gasteiger charge is 2.38. The minimum absolute atomic E-state index is 0.0821. The second-order valence-electron chi connectivity index (χ2n) is 3.87. The van der Waals surface area contributed by atoms with Gasteiger partial charge in [0.25, 0.3) is 0 Å². The molecular formula is C10H18O3. The summed E-state index contributed by atoms with van der Waals surface area (Å²) < 4.78 is 10.6. The van der Waals surface area contributed by atoms with Crippen LogP contribution >= 0.6 is 0 Å². The van der Waals surface area contributed by atoms with Gasteiger partial charge in [-0.05, 0) is 13.8 Å². The molecule has 0 aromatic rings. The van der Waals surface area contributed by atoms with Crippen molar-refractivity contribution in [1.82, 2.24) is 0 Å². The van der Waals surface area contributed by atoms with Gasteiger partial charge in [-0.3, -0.25) is 0 Å².